The number of carbonyl (C=O) groups is 1. The molecule has 18 heavy (non-hydrogen) atoms. The summed E-state index contributed by atoms with van der Waals surface area (Å²) in [5.74, 6) is -1.55. The molecule has 0 heterocycles. The zero-order valence-electron chi connectivity index (χ0n) is 10.6. The second-order valence-corrected chi connectivity index (χ2v) is 4.77. The van der Waals surface area contributed by atoms with Crippen LogP contribution in [0.15, 0.2) is 0 Å². The summed E-state index contributed by atoms with van der Waals surface area (Å²) < 4.78 is 38.3. The van der Waals surface area contributed by atoms with Gasteiger partial charge in [0.25, 0.3) is 0 Å². The summed E-state index contributed by atoms with van der Waals surface area (Å²) in [6.45, 7) is 2.46. The minimum absolute atomic E-state index is 0.0305. The van der Waals surface area contributed by atoms with Gasteiger partial charge in [0.1, 0.15) is 0 Å². The SMILES string of the molecule is CCCNC(=O)CNC1CCCCC1C(F)(F)F. The number of nitrogens with one attached hydrogen (secondary N) is 2. The van der Waals surface area contributed by atoms with E-state index in [1.54, 1.807) is 0 Å². The van der Waals surface area contributed by atoms with Crippen molar-refractivity contribution in [1.82, 2.24) is 10.6 Å². The van der Waals surface area contributed by atoms with E-state index in [2.05, 4.69) is 10.6 Å². The summed E-state index contributed by atoms with van der Waals surface area (Å²) in [6, 6.07) is -0.619. The van der Waals surface area contributed by atoms with E-state index in [4.69, 9.17) is 0 Å². The van der Waals surface area contributed by atoms with E-state index in [1.165, 1.54) is 0 Å². The Morgan fingerprint density at radius 2 is 1.94 bits per heavy atom. The summed E-state index contributed by atoms with van der Waals surface area (Å²) in [6.07, 6.45) is -1.29. The number of halogens is 3. The summed E-state index contributed by atoms with van der Waals surface area (Å²) in [7, 11) is 0. The van der Waals surface area contributed by atoms with Gasteiger partial charge in [-0.1, -0.05) is 19.8 Å². The molecule has 2 unspecified atom stereocenters. The second-order valence-electron chi connectivity index (χ2n) is 4.77. The zero-order valence-corrected chi connectivity index (χ0v) is 10.6. The highest BCUT2D eigenvalue weighted by Crippen LogP contribution is 2.37. The molecule has 0 aliphatic heterocycles. The Hall–Kier alpha value is -0.780. The highest BCUT2D eigenvalue weighted by atomic mass is 19.4. The third-order valence-electron chi connectivity index (χ3n) is 3.28. The van der Waals surface area contributed by atoms with E-state index < -0.39 is 18.1 Å². The van der Waals surface area contributed by atoms with Gasteiger partial charge in [-0.3, -0.25) is 4.79 Å². The monoisotopic (exact) mass is 266 g/mol. The quantitative estimate of drug-likeness (QED) is 0.801. The fourth-order valence-electron chi connectivity index (χ4n) is 2.32. The molecule has 1 aliphatic rings. The molecule has 0 aromatic heterocycles. The van der Waals surface area contributed by atoms with Gasteiger partial charge in [-0.25, -0.2) is 0 Å². The Morgan fingerprint density at radius 3 is 2.56 bits per heavy atom. The molecule has 0 aromatic carbocycles. The van der Waals surface area contributed by atoms with Crippen LogP contribution in [0.2, 0.25) is 0 Å². The second kappa shape index (κ2) is 6.97. The zero-order chi connectivity index (χ0) is 13.6. The van der Waals surface area contributed by atoms with Crippen molar-refractivity contribution in [2.45, 2.75) is 51.2 Å². The van der Waals surface area contributed by atoms with Crippen LogP contribution in [0.3, 0.4) is 0 Å². The number of alkyl halides is 3. The standard InChI is InChI=1S/C12H21F3N2O/c1-2-7-16-11(18)8-17-10-6-4-3-5-9(10)12(13,14)15/h9-10,17H,2-8H2,1H3,(H,16,18). The summed E-state index contributed by atoms with van der Waals surface area (Å²) in [5, 5.41) is 5.40. The Morgan fingerprint density at radius 1 is 1.28 bits per heavy atom. The predicted molar refractivity (Wildman–Crippen MR) is 63.1 cm³/mol. The lowest BCUT2D eigenvalue weighted by atomic mass is 9.84. The van der Waals surface area contributed by atoms with Crippen LogP contribution in [-0.4, -0.2) is 31.2 Å². The van der Waals surface area contributed by atoms with Crippen molar-refractivity contribution in [3.8, 4) is 0 Å². The third-order valence-corrected chi connectivity index (χ3v) is 3.28. The molecule has 2 N–H and O–H groups in total. The van der Waals surface area contributed by atoms with Crippen LogP contribution < -0.4 is 10.6 Å². The van der Waals surface area contributed by atoms with Crippen LogP contribution in [0, 0.1) is 5.92 Å². The van der Waals surface area contributed by atoms with E-state index >= 15 is 0 Å². The van der Waals surface area contributed by atoms with Crippen molar-refractivity contribution in [2.24, 2.45) is 5.92 Å². The molecular formula is C12H21F3N2O. The lowest BCUT2D eigenvalue weighted by Gasteiger charge is -2.33. The highest BCUT2D eigenvalue weighted by molar-refractivity contribution is 5.77. The van der Waals surface area contributed by atoms with Crippen molar-refractivity contribution >= 4 is 5.91 Å². The van der Waals surface area contributed by atoms with Gasteiger partial charge in [-0.2, -0.15) is 13.2 Å². The van der Waals surface area contributed by atoms with Crippen molar-refractivity contribution in [1.29, 1.82) is 0 Å². The molecule has 6 heteroatoms. The van der Waals surface area contributed by atoms with Crippen LogP contribution in [-0.2, 0) is 4.79 Å². The molecule has 1 saturated carbocycles. The van der Waals surface area contributed by atoms with E-state index in [1.807, 2.05) is 6.92 Å². The Bertz CT molecular complexity index is 269. The summed E-state index contributed by atoms with van der Waals surface area (Å²) in [5.41, 5.74) is 0. The molecule has 1 fully saturated rings. The molecule has 1 amide bonds. The maximum atomic E-state index is 12.8. The number of carbonyl (C=O) groups excluding carboxylic acids is 1. The van der Waals surface area contributed by atoms with Gasteiger partial charge in [0.05, 0.1) is 12.5 Å². The molecule has 2 atom stereocenters. The lowest BCUT2D eigenvalue weighted by molar-refractivity contribution is -0.189. The normalized spacial score (nSPS) is 24.9. The maximum absolute atomic E-state index is 12.8. The van der Waals surface area contributed by atoms with Crippen molar-refractivity contribution in [2.75, 3.05) is 13.1 Å². The van der Waals surface area contributed by atoms with Gasteiger partial charge in [0, 0.05) is 12.6 Å². The molecular weight excluding hydrogens is 245 g/mol. The Balaban J connectivity index is 2.40. The topological polar surface area (TPSA) is 41.1 Å². The first-order chi connectivity index (χ1) is 8.45. The average Bonchev–Trinajstić information content (AvgIpc) is 2.33. The smallest absolute Gasteiger partial charge is 0.355 e. The van der Waals surface area contributed by atoms with Gasteiger partial charge in [-0.05, 0) is 19.3 Å². The lowest BCUT2D eigenvalue weighted by Crippen LogP contribution is -2.48. The average molecular weight is 266 g/mol. The summed E-state index contributed by atoms with van der Waals surface area (Å²) >= 11 is 0. The number of amides is 1. The minimum Gasteiger partial charge on any atom is -0.355 e. The van der Waals surface area contributed by atoms with Crippen molar-refractivity contribution in [3.05, 3.63) is 0 Å². The van der Waals surface area contributed by atoms with Crippen LogP contribution in [0.1, 0.15) is 39.0 Å². The van der Waals surface area contributed by atoms with E-state index in [-0.39, 0.29) is 18.9 Å². The molecule has 3 nitrogen and oxygen atoms in total. The molecule has 0 saturated heterocycles. The van der Waals surface area contributed by atoms with Gasteiger partial charge in [0.2, 0.25) is 5.91 Å². The first kappa shape index (κ1) is 15.3. The van der Waals surface area contributed by atoms with Gasteiger partial charge in [0.15, 0.2) is 0 Å². The first-order valence-electron chi connectivity index (χ1n) is 6.52. The summed E-state index contributed by atoms with van der Waals surface area (Å²) in [4.78, 5) is 11.3. The third kappa shape index (κ3) is 4.84. The van der Waals surface area contributed by atoms with Crippen LogP contribution >= 0.6 is 0 Å². The van der Waals surface area contributed by atoms with E-state index in [0.29, 0.717) is 19.4 Å². The molecule has 106 valence electrons. The molecule has 0 bridgehead atoms. The van der Waals surface area contributed by atoms with E-state index in [9.17, 15) is 18.0 Å². The largest absolute Gasteiger partial charge is 0.393 e. The van der Waals surface area contributed by atoms with E-state index in [0.717, 1.165) is 12.8 Å². The predicted octanol–water partition coefficient (Wildman–Crippen LogP) is 2.22. The molecule has 1 aliphatic carbocycles. The van der Waals surface area contributed by atoms with Crippen molar-refractivity contribution < 1.29 is 18.0 Å². The number of rotatable bonds is 5. The number of hydrogen-bond donors (Lipinski definition) is 2. The maximum Gasteiger partial charge on any atom is 0.393 e. The van der Waals surface area contributed by atoms with Crippen LogP contribution in [0.25, 0.3) is 0 Å². The minimum atomic E-state index is -4.17. The van der Waals surface area contributed by atoms with Gasteiger partial charge < -0.3 is 10.6 Å². The molecule has 0 spiro atoms. The molecule has 0 aromatic rings. The fourth-order valence-corrected chi connectivity index (χ4v) is 2.32. The van der Waals surface area contributed by atoms with Gasteiger partial charge in [-0.15, -0.1) is 0 Å². The first-order valence-corrected chi connectivity index (χ1v) is 6.52. The number of hydrogen-bond acceptors (Lipinski definition) is 2. The van der Waals surface area contributed by atoms with Crippen LogP contribution in [0.4, 0.5) is 13.2 Å². The Labute approximate surface area is 106 Å². The van der Waals surface area contributed by atoms with Crippen LogP contribution in [0.5, 0.6) is 0 Å². The van der Waals surface area contributed by atoms with Crippen molar-refractivity contribution in [3.63, 3.8) is 0 Å². The molecule has 0 radical (unpaired) electrons. The van der Waals surface area contributed by atoms with Gasteiger partial charge >= 0.3 is 6.18 Å². The highest BCUT2D eigenvalue weighted by Gasteiger charge is 2.45. The fraction of sp³-hybridized carbons (Fsp3) is 0.917. The molecule has 1 rings (SSSR count). The Kier molecular flexibility index (Phi) is 5.91.